The lowest BCUT2D eigenvalue weighted by molar-refractivity contribution is 0.936. The Balaban J connectivity index is 1.98. The summed E-state index contributed by atoms with van der Waals surface area (Å²) in [5.41, 5.74) is 9.36. The predicted octanol–water partition coefficient (Wildman–Crippen LogP) is 3.90. The second-order valence-corrected chi connectivity index (χ2v) is 6.03. The van der Waals surface area contributed by atoms with Crippen molar-refractivity contribution in [3.8, 4) is 10.4 Å². The van der Waals surface area contributed by atoms with E-state index in [4.69, 9.17) is 10.7 Å². The maximum Gasteiger partial charge on any atom is 0.0947 e. The summed E-state index contributed by atoms with van der Waals surface area (Å²) in [6.07, 6.45) is 1.71. The van der Waals surface area contributed by atoms with Gasteiger partial charge in [0, 0.05) is 12.8 Å². The van der Waals surface area contributed by atoms with Crippen LogP contribution in [0.5, 0.6) is 0 Å². The molecular formula is C18H18N2S. The Bertz CT molecular complexity index is 690. The summed E-state index contributed by atoms with van der Waals surface area (Å²) in [7, 11) is 0. The van der Waals surface area contributed by atoms with Crippen molar-refractivity contribution in [2.75, 3.05) is 6.54 Å². The first kappa shape index (κ1) is 14.0. The van der Waals surface area contributed by atoms with Crippen LogP contribution in [0.1, 0.15) is 16.3 Å². The van der Waals surface area contributed by atoms with E-state index in [0.29, 0.717) is 6.54 Å². The number of nitrogens with zero attached hydrogens (tertiary/aromatic N) is 1. The van der Waals surface area contributed by atoms with Gasteiger partial charge >= 0.3 is 0 Å². The fraction of sp³-hybridized carbons (Fsp3) is 0.167. The number of nitrogens with two attached hydrogens (primary N) is 1. The highest BCUT2D eigenvalue weighted by Crippen LogP contribution is 2.31. The average Bonchev–Trinajstić information content (AvgIpc) is 2.92. The Labute approximate surface area is 129 Å². The number of benzene rings is 2. The van der Waals surface area contributed by atoms with Gasteiger partial charge in [-0.25, -0.2) is 4.98 Å². The van der Waals surface area contributed by atoms with Crippen LogP contribution < -0.4 is 5.73 Å². The third-order valence-corrected chi connectivity index (χ3v) is 4.56. The smallest absolute Gasteiger partial charge is 0.0947 e. The largest absolute Gasteiger partial charge is 0.330 e. The minimum Gasteiger partial charge on any atom is -0.330 e. The van der Waals surface area contributed by atoms with Crippen molar-refractivity contribution in [2.45, 2.75) is 12.8 Å². The van der Waals surface area contributed by atoms with E-state index in [9.17, 15) is 0 Å². The van der Waals surface area contributed by atoms with Crippen molar-refractivity contribution in [1.82, 2.24) is 4.98 Å². The van der Waals surface area contributed by atoms with Crippen LogP contribution in [0.15, 0.2) is 60.7 Å². The predicted molar refractivity (Wildman–Crippen MR) is 89.6 cm³/mol. The summed E-state index contributed by atoms with van der Waals surface area (Å²) in [4.78, 5) is 6.08. The van der Waals surface area contributed by atoms with Crippen LogP contribution in [0.3, 0.4) is 0 Å². The first-order valence-electron chi connectivity index (χ1n) is 7.15. The normalized spacial score (nSPS) is 10.7. The zero-order chi connectivity index (χ0) is 14.5. The van der Waals surface area contributed by atoms with Crippen LogP contribution in [-0.4, -0.2) is 11.5 Å². The van der Waals surface area contributed by atoms with E-state index in [1.165, 1.54) is 16.0 Å². The molecule has 0 radical (unpaired) electrons. The summed E-state index contributed by atoms with van der Waals surface area (Å²) in [6, 6.07) is 21.0. The maximum absolute atomic E-state index is 5.68. The number of thiazole rings is 1. The Hall–Kier alpha value is -1.97. The van der Waals surface area contributed by atoms with E-state index in [1.54, 1.807) is 11.3 Å². The van der Waals surface area contributed by atoms with E-state index >= 15 is 0 Å². The van der Waals surface area contributed by atoms with E-state index in [-0.39, 0.29) is 0 Å². The molecule has 1 aromatic heterocycles. The molecule has 0 saturated heterocycles. The molecule has 2 aromatic carbocycles. The molecule has 0 aliphatic heterocycles. The Morgan fingerprint density at radius 2 is 1.57 bits per heavy atom. The highest BCUT2D eigenvalue weighted by molar-refractivity contribution is 7.15. The number of hydrogen-bond donors (Lipinski definition) is 1. The molecule has 0 bridgehead atoms. The average molecular weight is 294 g/mol. The molecule has 0 fully saturated rings. The SMILES string of the molecule is NCCc1nc(Cc2ccccc2)c(-c2ccccc2)s1. The summed E-state index contributed by atoms with van der Waals surface area (Å²) in [6.45, 7) is 0.645. The van der Waals surface area contributed by atoms with E-state index in [2.05, 4.69) is 48.5 Å². The van der Waals surface area contributed by atoms with Gasteiger partial charge in [0.1, 0.15) is 0 Å². The van der Waals surface area contributed by atoms with Gasteiger partial charge < -0.3 is 5.73 Å². The highest BCUT2D eigenvalue weighted by atomic mass is 32.1. The quantitative estimate of drug-likeness (QED) is 0.775. The van der Waals surface area contributed by atoms with Gasteiger partial charge in [-0.2, -0.15) is 0 Å². The lowest BCUT2D eigenvalue weighted by Gasteiger charge is -2.02. The van der Waals surface area contributed by atoms with Crippen LogP contribution in [0.2, 0.25) is 0 Å². The molecule has 0 amide bonds. The van der Waals surface area contributed by atoms with Gasteiger partial charge in [-0.3, -0.25) is 0 Å². The fourth-order valence-corrected chi connectivity index (χ4v) is 3.46. The Morgan fingerprint density at radius 3 is 2.24 bits per heavy atom. The van der Waals surface area contributed by atoms with Gasteiger partial charge in [0.05, 0.1) is 15.6 Å². The van der Waals surface area contributed by atoms with Gasteiger partial charge in [0.15, 0.2) is 0 Å². The first-order chi connectivity index (χ1) is 10.4. The van der Waals surface area contributed by atoms with Gasteiger partial charge in [-0.15, -0.1) is 11.3 Å². The van der Waals surface area contributed by atoms with Gasteiger partial charge in [0.25, 0.3) is 0 Å². The van der Waals surface area contributed by atoms with Crippen molar-refractivity contribution in [3.05, 3.63) is 76.9 Å². The van der Waals surface area contributed by atoms with Gasteiger partial charge in [0.2, 0.25) is 0 Å². The molecule has 0 saturated carbocycles. The molecule has 0 spiro atoms. The van der Waals surface area contributed by atoms with Crippen LogP contribution in [0.25, 0.3) is 10.4 Å². The van der Waals surface area contributed by atoms with Crippen LogP contribution >= 0.6 is 11.3 Å². The van der Waals surface area contributed by atoms with Crippen molar-refractivity contribution in [1.29, 1.82) is 0 Å². The zero-order valence-electron chi connectivity index (χ0n) is 11.8. The molecule has 21 heavy (non-hydrogen) atoms. The molecule has 3 heteroatoms. The minimum atomic E-state index is 0.645. The maximum atomic E-state index is 5.68. The highest BCUT2D eigenvalue weighted by Gasteiger charge is 2.13. The second-order valence-electron chi connectivity index (χ2n) is 4.95. The Morgan fingerprint density at radius 1 is 0.905 bits per heavy atom. The van der Waals surface area contributed by atoms with E-state index < -0.39 is 0 Å². The molecule has 1 heterocycles. The molecule has 0 aliphatic carbocycles. The molecule has 2 nitrogen and oxygen atoms in total. The minimum absolute atomic E-state index is 0.645. The zero-order valence-corrected chi connectivity index (χ0v) is 12.6. The number of rotatable bonds is 5. The summed E-state index contributed by atoms with van der Waals surface area (Å²) in [5, 5.41) is 1.13. The van der Waals surface area contributed by atoms with Crippen molar-refractivity contribution in [2.24, 2.45) is 5.73 Å². The standard InChI is InChI=1S/C18H18N2S/c19-12-11-17-20-16(13-14-7-3-1-4-8-14)18(21-17)15-9-5-2-6-10-15/h1-10H,11-13,19H2. The molecule has 106 valence electrons. The van der Waals surface area contributed by atoms with Crippen LogP contribution in [-0.2, 0) is 12.8 Å². The molecular weight excluding hydrogens is 276 g/mol. The van der Waals surface area contributed by atoms with E-state index in [0.717, 1.165) is 23.5 Å². The van der Waals surface area contributed by atoms with Crippen LogP contribution in [0, 0.1) is 0 Å². The fourth-order valence-electron chi connectivity index (χ4n) is 2.36. The summed E-state index contributed by atoms with van der Waals surface area (Å²) in [5.74, 6) is 0. The molecule has 2 N–H and O–H groups in total. The monoisotopic (exact) mass is 294 g/mol. The lowest BCUT2D eigenvalue weighted by atomic mass is 10.1. The molecule has 0 atom stereocenters. The number of hydrogen-bond acceptors (Lipinski definition) is 3. The van der Waals surface area contributed by atoms with Gasteiger partial charge in [-0.05, 0) is 17.7 Å². The third-order valence-electron chi connectivity index (χ3n) is 3.35. The first-order valence-corrected chi connectivity index (χ1v) is 7.96. The topological polar surface area (TPSA) is 38.9 Å². The van der Waals surface area contributed by atoms with E-state index in [1.807, 2.05) is 12.1 Å². The molecule has 3 rings (SSSR count). The molecule has 0 unspecified atom stereocenters. The molecule has 0 aliphatic rings. The summed E-state index contributed by atoms with van der Waals surface area (Å²) < 4.78 is 0. The van der Waals surface area contributed by atoms with Gasteiger partial charge in [-0.1, -0.05) is 60.7 Å². The van der Waals surface area contributed by atoms with Crippen molar-refractivity contribution < 1.29 is 0 Å². The Kier molecular flexibility index (Phi) is 4.43. The summed E-state index contributed by atoms with van der Waals surface area (Å²) >= 11 is 1.77. The number of aromatic nitrogens is 1. The van der Waals surface area contributed by atoms with Crippen molar-refractivity contribution in [3.63, 3.8) is 0 Å². The van der Waals surface area contributed by atoms with Crippen molar-refractivity contribution >= 4 is 11.3 Å². The lowest BCUT2D eigenvalue weighted by Crippen LogP contribution is -2.02. The third kappa shape index (κ3) is 3.38. The second kappa shape index (κ2) is 6.66. The van der Waals surface area contributed by atoms with Crippen LogP contribution in [0.4, 0.5) is 0 Å². The molecule has 3 aromatic rings.